The van der Waals surface area contributed by atoms with Crippen molar-refractivity contribution in [1.82, 2.24) is 9.72 Å². The molecule has 20 heavy (non-hydrogen) atoms. The van der Waals surface area contributed by atoms with Gasteiger partial charge in [-0.05, 0) is 39.8 Å². The predicted molar refractivity (Wildman–Crippen MR) is 75.4 cm³/mol. The molecule has 0 amide bonds. The summed E-state index contributed by atoms with van der Waals surface area (Å²) in [5, 5.41) is 3.87. The van der Waals surface area contributed by atoms with E-state index in [0.29, 0.717) is 11.2 Å². The van der Waals surface area contributed by atoms with Gasteiger partial charge in [0.2, 0.25) is 5.91 Å². The maximum absolute atomic E-state index is 12.5. The van der Waals surface area contributed by atoms with Crippen LogP contribution in [0.3, 0.4) is 0 Å². The van der Waals surface area contributed by atoms with Gasteiger partial charge in [-0.25, -0.2) is 0 Å². The number of carbonyl (C=O) groups excluding carboxylic acids is 1. The van der Waals surface area contributed by atoms with E-state index in [-0.39, 0.29) is 18.4 Å². The average molecular weight is 273 g/mol. The Morgan fingerprint density at radius 3 is 2.75 bits per heavy atom. The number of hydrogen-bond donors (Lipinski definition) is 0. The molecule has 0 N–H and O–H groups in total. The lowest BCUT2D eigenvalue weighted by Gasteiger charge is -2.07. The number of aromatic nitrogens is 2. The summed E-state index contributed by atoms with van der Waals surface area (Å²) in [5.41, 5.74) is 2.27. The summed E-state index contributed by atoms with van der Waals surface area (Å²) in [7, 11) is 0. The molecule has 0 aliphatic carbocycles. The van der Waals surface area contributed by atoms with Crippen molar-refractivity contribution < 1.29 is 9.32 Å². The molecule has 2 aromatic rings. The van der Waals surface area contributed by atoms with Gasteiger partial charge in [-0.2, -0.15) is 0 Å². The first-order valence-corrected chi connectivity index (χ1v) is 6.65. The van der Waals surface area contributed by atoms with E-state index >= 15 is 0 Å². The van der Waals surface area contributed by atoms with E-state index in [1.165, 1.54) is 0 Å². The van der Waals surface area contributed by atoms with Crippen LogP contribution in [-0.2, 0) is 6.42 Å². The van der Waals surface area contributed by atoms with Gasteiger partial charge in [0.05, 0.1) is 12.1 Å². The summed E-state index contributed by atoms with van der Waals surface area (Å²) < 4.78 is 6.67. The van der Waals surface area contributed by atoms with Crippen LogP contribution < -0.4 is 5.49 Å². The molecule has 0 saturated heterocycles. The number of nitrogens with zero attached hydrogens (tertiary/aromatic N) is 3. The van der Waals surface area contributed by atoms with Crippen molar-refractivity contribution in [3.05, 3.63) is 46.9 Å². The highest BCUT2D eigenvalue weighted by molar-refractivity contribution is 5.81. The van der Waals surface area contributed by atoms with Crippen LogP contribution in [0.1, 0.15) is 35.7 Å². The summed E-state index contributed by atoms with van der Waals surface area (Å²) in [6, 6.07) is 5.67. The van der Waals surface area contributed by atoms with Crippen molar-refractivity contribution >= 4 is 5.91 Å². The Balaban J connectivity index is 2.36. The summed E-state index contributed by atoms with van der Waals surface area (Å²) in [5.74, 6) is 0.647. The SMILES string of the molecule is Cc1noc(C)c1CC(=O)n1ccccc1=NC(C)C. The van der Waals surface area contributed by atoms with E-state index in [0.717, 1.165) is 11.3 Å². The Bertz CT molecular complexity index is 661. The number of aryl methyl sites for hydroxylation is 2. The Kier molecular flexibility index (Phi) is 4.17. The Morgan fingerprint density at radius 1 is 1.40 bits per heavy atom. The zero-order valence-electron chi connectivity index (χ0n) is 12.3. The van der Waals surface area contributed by atoms with Crippen LogP contribution in [0.2, 0.25) is 0 Å². The molecule has 0 unspecified atom stereocenters. The average Bonchev–Trinajstić information content (AvgIpc) is 2.70. The second kappa shape index (κ2) is 5.86. The first-order chi connectivity index (χ1) is 9.49. The molecule has 0 bridgehead atoms. The molecule has 5 heteroatoms. The quantitative estimate of drug-likeness (QED) is 0.862. The molecule has 0 saturated carbocycles. The van der Waals surface area contributed by atoms with Gasteiger partial charge in [0.15, 0.2) is 0 Å². The molecule has 2 rings (SSSR count). The van der Waals surface area contributed by atoms with Crippen molar-refractivity contribution in [2.75, 3.05) is 0 Å². The van der Waals surface area contributed by atoms with Crippen molar-refractivity contribution in [2.45, 2.75) is 40.2 Å². The van der Waals surface area contributed by atoms with Gasteiger partial charge in [0.25, 0.3) is 0 Å². The summed E-state index contributed by atoms with van der Waals surface area (Å²) in [6.45, 7) is 7.62. The molecule has 0 atom stereocenters. The minimum Gasteiger partial charge on any atom is -0.361 e. The fraction of sp³-hybridized carbons (Fsp3) is 0.400. The molecular weight excluding hydrogens is 254 g/mol. The van der Waals surface area contributed by atoms with Crippen LogP contribution in [0.15, 0.2) is 33.9 Å². The second-order valence-electron chi connectivity index (χ2n) is 5.02. The first-order valence-electron chi connectivity index (χ1n) is 6.65. The van der Waals surface area contributed by atoms with E-state index in [1.807, 2.05) is 45.9 Å². The fourth-order valence-electron chi connectivity index (χ4n) is 2.01. The lowest BCUT2D eigenvalue weighted by molar-refractivity contribution is 0.0907. The lowest BCUT2D eigenvalue weighted by Crippen LogP contribution is -2.28. The van der Waals surface area contributed by atoms with Crippen molar-refractivity contribution in [1.29, 1.82) is 0 Å². The van der Waals surface area contributed by atoms with Crippen molar-refractivity contribution in [3.63, 3.8) is 0 Å². The Morgan fingerprint density at radius 2 is 2.15 bits per heavy atom. The van der Waals surface area contributed by atoms with Crippen LogP contribution in [0.25, 0.3) is 0 Å². The first kappa shape index (κ1) is 14.2. The molecule has 0 radical (unpaired) electrons. The summed E-state index contributed by atoms with van der Waals surface area (Å²) in [4.78, 5) is 16.9. The molecule has 5 nitrogen and oxygen atoms in total. The highest BCUT2D eigenvalue weighted by Crippen LogP contribution is 2.13. The molecule has 106 valence electrons. The van der Waals surface area contributed by atoms with Crippen LogP contribution in [0.4, 0.5) is 0 Å². The van der Waals surface area contributed by atoms with Crippen molar-refractivity contribution in [2.24, 2.45) is 4.99 Å². The Hall–Kier alpha value is -2.17. The van der Waals surface area contributed by atoms with Gasteiger partial charge in [-0.3, -0.25) is 14.4 Å². The zero-order chi connectivity index (χ0) is 14.7. The van der Waals surface area contributed by atoms with Gasteiger partial charge in [-0.15, -0.1) is 0 Å². The largest absolute Gasteiger partial charge is 0.361 e. The van der Waals surface area contributed by atoms with Crippen LogP contribution in [0, 0.1) is 13.8 Å². The van der Waals surface area contributed by atoms with Crippen LogP contribution in [-0.4, -0.2) is 21.7 Å². The number of carbonyl (C=O) groups is 1. The van der Waals surface area contributed by atoms with Crippen LogP contribution in [0.5, 0.6) is 0 Å². The minimum absolute atomic E-state index is 0.0422. The molecular formula is C15H19N3O2. The van der Waals surface area contributed by atoms with Gasteiger partial charge in [-0.1, -0.05) is 11.2 Å². The van der Waals surface area contributed by atoms with E-state index in [2.05, 4.69) is 10.1 Å². The molecule has 2 aromatic heterocycles. The maximum Gasteiger partial charge on any atom is 0.236 e. The van der Waals surface area contributed by atoms with Gasteiger partial charge >= 0.3 is 0 Å². The van der Waals surface area contributed by atoms with Crippen molar-refractivity contribution in [3.8, 4) is 0 Å². The molecule has 0 aliphatic rings. The van der Waals surface area contributed by atoms with Gasteiger partial charge < -0.3 is 4.52 Å². The molecule has 0 fully saturated rings. The number of pyridine rings is 1. The standard InChI is InChI=1S/C15H19N3O2/c1-10(2)16-14-7-5-6-8-18(14)15(19)9-13-11(3)17-20-12(13)4/h5-8,10H,9H2,1-4H3. The Labute approximate surface area is 117 Å². The highest BCUT2D eigenvalue weighted by atomic mass is 16.5. The third-order valence-electron chi connectivity index (χ3n) is 3.01. The third kappa shape index (κ3) is 3.04. The maximum atomic E-state index is 12.5. The monoisotopic (exact) mass is 273 g/mol. The molecule has 2 heterocycles. The summed E-state index contributed by atoms with van der Waals surface area (Å²) >= 11 is 0. The smallest absolute Gasteiger partial charge is 0.236 e. The van der Waals surface area contributed by atoms with Crippen LogP contribution >= 0.6 is 0 Å². The number of rotatable bonds is 3. The lowest BCUT2D eigenvalue weighted by atomic mass is 10.1. The topological polar surface area (TPSA) is 60.4 Å². The highest BCUT2D eigenvalue weighted by Gasteiger charge is 2.14. The van der Waals surface area contributed by atoms with E-state index in [1.54, 1.807) is 10.8 Å². The zero-order valence-corrected chi connectivity index (χ0v) is 12.3. The normalized spacial score (nSPS) is 12.2. The molecule has 0 aliphatic heterocycles. The van der Waals surface area contributed by atoms with E-state index < -0.39 is 0 Å². The second-order valence-corrected chi connectivity index (χ2v) is 5.02. The van der Waals surface area contributed by atoms with Gasteiger partial charge in [0, 0.05) is 17.8 Å². The fourth-order valence-corrected chi connectivity index (χ4v) is 2.01. The predicted octanol–water partition coefficient (Wildman–Crippen LogP) is 2.28. The minimum atomic E-state index is -0.0422. The van der Waals surface area contributed by atoms with Gasteiger partial charge in [0.1, 0.15) is 11.2 Å². The van der Waals surface area contributed by atoms with E-state index in [4.69, 9.17) is 4.52 Å². The number of hydrogen-bond acceptors (Lipinski definition) is 4. The molecule has 0 spiro atoms. The molecule has 0 aromatic carbocycles. The third-order valence-corrected chi connectivity index (χ3v) is 3.01. The van der Waals surface area contributed by atoms with E-state index in [9.17, 15) is 4.79 Å². The summed E-state index contributed by atoms with van der Waals surface area (Å²) in [6.07, 6.45) is 2.00.